The molecule has 0 spiro atoms. The summed E-state index contributed by atoms with van der Waals surface area (Å²) in [5.41, 5.74) is -1.01. The fourth-order valence-electron chi connectivity index (χ4n) is 1.94. The number of hydrogen-bond acceptors (Lipinski definition) is 3. The highest BCUT2D eigenvalue weighted by Crippen LogP contribution is 2.20. The number of aromatic nitrogens is 2. The predicted octanol–water partition coefficient (Wildman–Crippen LogP) is 1.77. The number of aromatic amines is 1. The minimum absolute atomic E-state index is 0.00167. The summed E-state index contributed by atoms with van der Waals surface area (Å²) >= 11 is 11.7. The Morgan fingerprint density at radius 1 is 1.24 bits per heavy atom. The minimum Gasteiger partial charge on any atom is -0.481 e. The molecule has 1 heterocycles. The van der Waals surface area contributed by atoms with E-state index in [1.165, 1.54) is 25.1 Å². The summed E-state index contributed by atoms with van der Waals surface area (Å²) in [6, 6.07) is 4.24. The van der Waals surface area contributed by atoms with E-state index >= 15 is 0 Å². The summed E-state index contributed by atoms with van der Waals surface area (Å²) in [7, 11) is 0. The average molecular weight is 329 g/mol. The van der Waals surface area contributed by atoms with Crippen LogP contribution >= 0.6 is 23.2 Å². The Morgan fingerprint density at radius 3 is 2.33 bits per heavy atom. The van der Waals surface area contributed by atoms with Gasteiger partial charge in [-0.25, -0.2) is 9.36 Å². The van der Waals surface area contributed by atoms with Crippen LogP contribution < -0.4 is 11.2 Å². The molecule has 2 aromatic rings. The monoisotopic (exact) mass is 328 g/mol. The maximum absolute atomic E-state index is 12.4. The molecule has 0 saturated heterocycles. The molecule has 0 fully saturated rings. The van der Waals surface area contributed by atoms with Crippen LogP contribution in [0.3, 0.4) is 0 Å². The first-order valence-electron chi connectivity index (χ1n) is 5.82. The van der Waals surface area contributed by atoms with Crippen molar-refractivity contribution in [1.82, 2.24) is 9.55 Å². The fraction of sp³-hybridized carbons (Fsp3) is 0.154. The smallest absolute Gasteiger partial charge is 0.333 e. The zero-order valence-corrected chi connectivity index (χ0v) is 12.3. The molecule has 1 aromatic carbocycles. The summed E-state index contributed by atoms with van der Waals surface area (Å²) in [5, 5.41) is 9.36. The molecule has 0 aliphatic rings. The van der Waals surface area contributed by atoms with Crippen LogP contribution in [0.25, 0.3) is 5.69 Å². The third kappa shape index (κ3) is 3.17. The second-order valence-corrected chi connectivity index (χ2v) is 5.25. The van der Waals surface area contributed by atoms with Crippen molar-refractivity contribution in [3.8, 4) is 5.69 Å². The number of aliphatic carboxylic acids is 1. The van der Waals surface area contributed by atoms with Gasteiger partial charge in [0.15, 0.2) is 0 Å². The lowest BCUT2D eigenvalue weighted by atomic mass is 10.1. The molecule has 21 heavy (non-hydrogen) atoms. The van der Waals surface area contributed by atoms with E-state index in [-0.39, 0.29) is 27.0 Å². The van der Waals surface area contributed by atoms with Gasteiger partial charge in [0.25, 0.3) is 5.56 Å². The van der Waals surface area contributed by atoms with Crippen LogP contribution in [0.2, 0.25) is 10.0 Å². The molecule has 2 N–H and O–H groups in total. The summed E-state index contributed by atoms with van der Waals surface area (Å²) in [4.78, 5) is 37.6. The molecule has 0 aliphatic heterocycles. The van der Waals surface area contributed by atoms with Crippen molar-refractivity contribution in [3.63, 3.8) is 0 Å². The number of halogens is 2. The van der Waals surface area contributed by atoms with Crippen LogP contribution in [0.5, 0.6) is 0 Å². The van der Waals surface area contributed by atoms with Gasteiger partial charge in [-0.2, -0.15) is 0 Å². The summed E-state index contributed by atoms with van der Waals surface area (Å²) < 4.78 is 0.809. The van der Waals surface area contributed by atoms with Crippen molar-refractivity contribution in [3.05, 3.63) is 60.3 Å². The van der Waals surface area contributed by atoms with Crippen molar-refractivity contribution in [2.45, 2.75) is 13.3 Å². The maximum atomic E-state index is 12.4. The van der Waals surface area contributed by atoms with Crippen LogP contribution in [0, 0.1) is 6.92 Å². The molecular formula is C13H10Cl2N2O4. The molecule has 0 unspecified atom stereocenters. The van der Waals surface area contributed by atoms with Gasteiger partial charge in [-0.15, -0.1) is 0 Å². The second-order valence-electron chi connectivity index (χ2n) is 4.37. The van der Waals surface area contributed by atoms with Crippen molar-refractivity contribution < 1.29 is 9.90 Å². The van der Waals surface area contributed by atoms with Crippen molar-refractivity contribution in [1.29, 1.82) is 0 Å². The van der Waals surface area contributed by atoms with Gasteiger partial charge in [0, 0.05) is 21.3 Å². The molecule has 0 atom stereocenters. The largest absolute Gasteiger partial charge is 0.481 e. The average Bonchev–Trinajstić information content (AvgIpc) is 2.32. The van der Waals surface area contributed by atoms with E-state index in [9.17, 15) is 14.4 Å². The van der Waals surface area contributed by atoms with E-state index in [1.807, 2.05) is 0 Å². The molecule has 1 aromatic heterocycles. The van der Waals surface area contributed by atoms with Gasteiger partial charge in [0.05, 0.1) is 12.1 Å². The SMILES string of the molecule is Cc1[nH]c(=O)n(-c2cc(Cl)cc(Cl)c2)c(=O)c1CC(=O)O. The normalized spacial score (nSPS) is 10.6. The molecule has 0 bridgehead atoms. The minimum atomic E-state index is -1.17. The van der Waals surface area contributed by atoms with E-state index in [2.05, 4.69) is 4.98 Å². The Morgan fingerprint density at radius 2 is 1.81 bits per heavy atom. The lowest BCUT2D eigenvalue weighted by molar-refractivity contribution is -0.136. The van der Waals surface area contributed by atoms with E-state index in [0.717, 1.165) is 4.57 Å². The molecule has 0 saturated carbocycles. The van der Waals surface area contributed by atoms with Crippen LogP contribution in [-0.4, -0.2) is 20.6 Å². The first-order chi connectivity index (χ1) is 9.79. The number of H-pyrrole nitrogens is 1. The molecular weight excluding hydrogens is 319 g/mol. The summed E-state index contributed by atoms with van der Waals surface area (Å²) in [6.45, 7) is 1.47. The van der Waals surface area contributed by atoms with Gasteiger partial charge >= 0.3 is 11.7 Å². The van der Waals surface area contributed by atoms with E-state index in [1.54, 1.807) is 0 Å². The number of carbonyl (C=O) groups is 1. The zero-order valence-electron chi connectivity index (χ0n) is 10.8. The van der Waals surface area contributed by atoms with Gasteiger partial charge in [0.1, 0.15) is 0 Å². The number of carboxylic acids is 1. The standard InChI is InChI=1S/C13H10Cl2N2O4/c1-6-10(5-11(18)19)12(20)17(13(21)16-6)9-3-7(14)2-8(15)4-9/h2-4H,5H2,1H3,(H,16,21)(H,18,19). The number of nitrogens with zero attached hydrogens (tertiary/aromatic N) is 1. The summed E-state index contributed by atoms with van der Waals surface area (Å²) in [5.74, 6) is -1.17. The Bertz CT molecular complexity index is 819. The number of nitrogens with one attached hydrogen (secondary N) is 1. The highest BCUT2D eigenvalue weighted by molar-refractivity contribution is 6.34. The van der Waals surface area contributed by atoms with Gasteiger partial charge < -0.3 is 10.1 Å². The number of rotatable bonds is 3. The molecule has 6 nitrogen and oxygen atoms in total. The Hall–Kier alpha value is -2.05. The molecule has 0 aliphatic carbocycles. The number of hydrogen-bond donors (Lipinski definition) is 2. The Balaban J connectivity index is 2.77. The van der Waals surface area contributed by atoms with Crippen LogP contribution in [0.15, 0.2) is 27.8 Å². The Labute approximate surface area is 128 Å². The number of benzene rings is 1. The van der Waals surface area contributed by atoms with Crippen LogP contribution in [0.1, 0.15) is 11.3 Å². The Kier molecular flexibility index (Phi) is 4.20. The molecule has 2 rings (SSSR count). The lowest BCUT2D eigenvalue weighted by Gasteiger charge is -2.09. The van der Waals surface area contributed by atoms with Gasteiger partial charge in [0.2, 0.25) is 0 Å². The molecule has 0 radical (unpaired) electrons. The molecule has 110 valence electrons. The highest BCUT2D eigenvalue weighted by atomic mass is 35.5. The quantitative estimate of drug-likeness (QED) is 0.898. The van der Waals surface area contributed by atoms with E-state index < -0.39 is 23.6 Å². The first kappa shape index (κ1) is 15.3. The summed E-state index contributed by atoms with van der Waals surface area (Å²) in [6.07, 6.45) is -0.490. The van der Waals surface area contributed by atoms with Gasteiger partial charge in [-0.3, -0.25) is 9.59 Å². The van der Waals surface area contributed by atoms with Crippen LogP contribution in [-0.2, 0) is 11.2 Å². The maximum Gasteiger partial charge on any atom is 0.333 e. The van der Waals surface area contributed by atoms with Gasteiger partial charge in [-0.05, 0) is 25.1 Å². The molecule has 0 amide bonds. The topological polar surface area (TPSA) is 92.2 Å². The third-order valence-corrected chi connectivity index (χ3v) is 3.28. The molecule has 8 heteroatoms. The second kappa shape index (κ2) is 5.75. The third-order valence-electron chi connectivity index (χ3n) is 2.84. The highest BCUT2D eigenvalue weighted by Gasteiger charge is 2.16. The van der Waals surface area contributed by atoms with E-state index in [4.69, 9.17) is 28.3 Å². The van der Waals surface area contributed by atoms with Gasteiger partial charge in [-0.1, -0.05) is 23.2 Å². The zero-order chi connectivity index (χ0) is 15.7. The lowest BCUT2D eigenvalue weighted by Crippen LogP contribution is -2.37. The number of aryl methyl sites for hydroxylation is 1. The predicted molar refractivity (Wildman–Crippen MR) is 78.8 cm³/mol. The number of carboxylic acid groups (broad SMARTS) is 1. The van der Waals surface area contributed by atoms with Crippen molar-refractivity contribution in [2.75, 3.05) is 0 Å². The first-order valence-corrected chi connectivity index (χ1v) is 6.58. The van der Waals surface area contributed by atoms with E-state index in [0.29, 0.717) is 0 Å². The van der Waals surface area contributed by atoms with Crippen molar-refractivity contribution in [2.24, 2.45) is 0 Å². The van der Waals surface area contributed by atoms with Crippen molar-refractivity contribution >= 4 is 29.2 Å². The van der Waals surface area contributed by atoms with Crippen LogP contribution in [0.4, 0.5) is 0 Å². The fourth-order valence-corrected chi connectivity index (χ4v) is 2.46.